The molecule has 1 aliphatic rings. The number of ether oxygens (including phenoxy) is 4. The number of carbonyl (C=O) groups excluding carboxylic acids is 4. The minimum absolute atomic E-state index is 0.265. The summed E-state index contributed by atoms with van der Waals surface area (Å²) in [5.74, 6) is -1.56. The van der Waals surface area contributed by atoms with Crippen LogP contribution in [-0.4, -0.2) is 96.4 Å². The SMILES string of the molecule is CO[C@@H](C)C(=O)Nc1cccc(NC(=O)[C@@H](C)OC)c1C1=c2ccc([nH]2)=C(c2cc(C(C)(C)C)cc(C(C)(C)C)c2)c2ccc([nH]2)C(c2c(NC(=O)[C@H](C)OC)cccc2NC(=O)[C@@H](C)OC)=c2ccc([nH]2)=C(c2cc(C(C)(C)C)cc(C(C)(C)C)c2)c2ccc1[nH]2. The van der Waals surface area contributed by atoms with E-state index in [0.29, 0.717) is 67.1 Å². The largest absolute Gasteiger partial charge is 0.372 e. The number of nitrogens with one attached hydrogen (secondary N) is 8. The van der Waals surface area contributed by atoms with Crippen molar-refractivity contribution < 1.29 is 38.1 Å². The summed E-state index contributed by atoms with van der Waals surface area (Å²) in [6, 6.07) is 40.8. The topological polar surface area (TPSA) is 216 Å². The van der Waals surface area contributed by atoms with Gasteiger partial charge in [0.1, 0.15) is 24.4 Å². The molecule has 0 spiro atoms. The average molecular weight is 1250 g/mol. The zero-order chi connectivity index (χ0) is 67.1. The molecule has 1 aliphatic heterocycles. The molecular weight excluding hydrogens is 1150 g/mol. The fourth-order valence-electron chi connectivity index (χ4n) is 11.2. The van der Waals surface area contributed by atoms with Crippen LogP contribution >= 0.6 is 0 Å². The third-order valence-electron chi connectivity index (χ3n) is 17.4. The van der Waals surface area contributed by atoms with E-state index in [2.05, 4.69) is 185 Å². The molecule has 16 nitrogen and oxygen atoms in total. The van der Waals surface area contributed by atoms with Crippen molar-refractivity contribution in [2.45, 2.75) is 157 Å². The highest BCUT2D eigenvalue weighted by atomic mass is 16.5. The minimum atomic E-state index is -0.825. The highest BCUT2D eigenvalue weighted by Crippen LogP contribution is 2.40. The molecule has 0 aliphatic carbocycles. The van der Waals surface area contributed by atoms with E-state index >= 15 is 0 Å². The fourth-order valence-corrected chi connectivity index (χ4v) is 11.2. The molecule has 4 aromatic heterocycles. The Morgan fingerprint density at radius 1 is 0.326 bits per heavy atom. The van der Waals surface area contributed by atoms with Crippen LogP contribution in [0.15, 0.2) is 121 Å². The normalized spacial score (nSPS) is 14.4. The van der Waals surface area contributed by atoms with E-state index in [9.17, 15) is 19.2 Å². The van der Waals surface area contributed by atoms with Crippen LogP contribution in [0.1, 0.15) is 178 Å². The number of methoxy groups -OCH3 is 4. The highest BCUT2D eigenvalue weighted by molar-refractivity contribution is 6.06. The van der Waals surface area contributed by atoms with Crippen molar-refractivity contribution in [2.24, 2.45) is 0 Å². The van der Waals surface area contributed by atoms with Crippen LogP contribution in [0.2, 0.25) is 0 Å². The summed E-state index contributed by atoms with van der Waals surface area (Å²) < 4.78 is 22.3. The summed E-state index contributed by atoms with van der Waals surface area (Å²) in [4.78, 5) is 72.4. The van der Waals surface area contributed by atoms with Gasteiger partial charge in [0.05, 0.1) is 22.7 Å². The van der Waals surface area contributed by atoms with Crippen LogP contribution in [0.5, 0.6) is 0 Å². The van der Waals surface area contributed by atoms with Gasteiger partial charge >= 0.3 is 0 Å². The number of hydrogen-bond donors (Lipinski definition) is 8. The minimum Gasteiger partial charge on any atom is -0.372 e. The van der Waals surface area contributed by atoms with Gasteiger partial charge in [-0.1, -0.05) is 132 Å². The Bertz CT molecular complexity index is 3960. The third-order valence-corrected chi connectivity index (χ3v) is 17.4. The second-order valence-electron chi connectivity index (χ2n) is 28.2. The van der Waals surface area contributed by atoms with E-state index in [4.69, 9.17) is 18.9 Å². The molecule has 0 fully saturated rings. The summed E-state index contributed by atoms with van der Waals surface area (Å²) in [6.07, 6.45) is -3.30. The van der Waals surface area contributed by atoms with Gasteiger partial charge in [0.15, 0.2) is 0 Å². The lowest BCUT2D eigenvalue weighted by molar-refractivity contribution is -0.125. The number of rotatable bonds is 16. The number of fused-ring (bicyclic) bond motifs is 8. The van der Waals surface area contributed by atoms with E-state index in [-0.39, 0.29) is 21.7 Å². The molecule has 92 heavy (non-hydrogen) atoms. The predicted octanol–water partition coefficient (Wildman–Crippen LogP) is 11.4. The molecule has 484 valence electrons. The summed E-state index contributed by atoms with van der Waals surface area (Å²) in [5.41, 5.74) is 13.7. The van der Waals surface area contributed by atoms with Crippen LogP contribution < -0.4 is 42.7 Å². The van der Waals surface area contributed by atoms with Crippen LogP contribution in [-0.2, 0) is 59.8 Å². The molecule has 4 atom stereocenters. The maximum atomic E-state index is 14.2. The lowest BCUT2D eigenvalue weighted by Gasteiger charge is -2.26. The Morgan fingerprint density at radius 3 is 0.783 bits per heavy atom. The average Bonchev–Trinajstić information content (AvgIpc) is 1.55. The number of H-pyrrole nitrogens is 4. The van der Waals surface area contributed by atoms with Crippen LogP contribution in [0, 0.1) is 0 Å². The highest BCUT2D eigenvalue weighted by Gasteiger charge is 2.30. The zero-order valence-corrected chi connectivity index (χ0v) is 57.1. The Balaban J connectivity index is 1.54. The maximum absolute atomic E-state index is 14.2. The van der Waals surface area contributed by atoms with E-state index in [1.54, 1.807) is 39.8 Å². The lowest BCUT2D eigenvalue weighted by atomic mass is 9.78. The molecule has 0 radical (unpaired) electrons. The van der Waals surface area contributed by atoms with Crippen molar-refractivity contribution in [3.63, 3.8) is 0 Å². The first-order chi connectivity index (χ1) is 43.2. The quantitative estimate of drug-likeness (QED) is 0.0464. The monoisotopic (exact) mass is 1240 g/mol. The van der Waals surface area contributed by atoms with Gasteiger partial charge in [-0.15, -0.1) is 0 Å². The molecule has 8 bridgehead atoms. The molecule has 8 N–H and O–H groups in total. The van der Waals surface area contributed by atoms with Gasteiger partial charge in [-0.05, 0) is 156 Å². The van der Waals surface area contributed by atoms with E-state index in [0.717, 1.165) is 66.6 Å². The standard InChI is InChI=1S/C76H92N8O8/c1-41(89-17)69(85)81-51-23-21-24-52(82-70(86)42(2)90-18)65(51)67-59-31-27-55(77-59)63(45-35-47(73(5,6)7)39-48(36-45)74(8,9)10)57-29-33-61(79-57)68(66-53(83-71(87)43(3)91-19)25-22-26-54(66)84-72(88)44(4)92-20)62-34-30-58(80-62)64(56-28-32-60(67)78-56)46-37-49(75(11,12)13)40-50(38-46)76(14,15)16/h21-44,77-80H,1-20H3,(H,81,85)(H,82,86)(H,83,87)(H,84,88)/t41-,42+,43-,44+. The summed E-state index contributed by atoms with van der Waals surface area (Å²) in [6.45, 7) is 33.3. The van der Waals surface area contributed by atoms with Crippen molar-refractivity contribution in [2.75, 3.05) is 49.7 Å². The molecule has 4 amide bonds. The summed E-state index contributed by atoms with van der Waals surface area (Å²) >= 11 is 0. The first-order valence-electron chi connectivity index (χ1n) is 31.5. The first kappa shape index (κ1) is 67.6. The summed E-state index contributed by atoms with van der Waals surface area (Å²) in [5, 5.41) is 15.4. The second-order valence-corrected chi connectivity index (χ2v) is 28.2. The zero-order valence-electron chi connectivity index (χ0n) is 57.1. The molecule has 0 saturated carbocycles. The van der Waals surface area contributed by atoms with Gasteiger partial charge in [0, 0.05) is 106 Å². The molecular formula is C76H92N8O8. The van der Waals surface area contributed by atoms with Crippen LogP contribution in [0.3, 0.4) is 0 Å². The Kier molecular flexibility index (Phi) is 19.4. The lowest BCUT2D eigenvalue weighted by Crippen LogP contribution is -2.29. The number of carbonyl (C=O) groups is 4. The van der Waals surface area contributed by atoms with Gasteiger partial charge in [-0.25, -0.2) is 0 Å². The number of amides is 4. The van der Waals surface area contributed by atoms with Crippen molar-refractivity contribution in [1.82, 2.24) is 19.9 Å². The Hall–Kier alpha value is -8.80. The third kappa shape index (κ3) is 14.3. The van der Waals surface area contributed by atoms with Gasteiger partial charge in [-0.2, -0.15) is 0 Å². The first-order valence-corrected chi connectivity index (χ1v) is 31.5. The Morgan fingerprint density at radius 2 is 0.554 bits per heavy atom. The fraction of sp³-hybridized carbons (Fsp3) is 0.368. The van der Waals surface area contributed by atoms with Crippen molar-refractivity contribution in [3.8, 4) is 0 Å². The van der Waals surface area contributed by atoms with Crippen LogP contribution in [0.4, 0.5) is 22.7 Å². The molecule has 0 saturated heterocycles. The molecule has 0 unspecified atom stereocenters. The van der Waals surface area contributed by atoms with Gasteiger partial charge in [0.2, 0.25) is 0 Å². The number of benzene rings is 4. The summed E-state index contributed by atoms with van der Waals surface area (Å²) in [7, 11) is 5.95. The van der Waals surface area contributed by atoms with Gasteiger partial charge in [-0.3, -0.25) is 19.2 Å². The van der Waals surface area contributed by atoms with Crippen molar-refractivity contribution >= 4 is 68.7 Å². The predicted molar refractivity (Wildman–Crippen MR) is 369 cm³/mol. The second kappa shape index (κ2) is 26.4. The van der Waals surface area contributed by atoms with E-state index < -0.39 is 48.0 Å². The molecule has 16 heteroatoms. The number of aromatic nitrogens is 4. The Labute approximate surface area is 540 Å². The number of aromatic amines is 4. The van der Waals surface area contributed by atoms with Crippen molar-refractivity contribution in [3.05, 3.63) is 210 Å². The van der Waals surface area contributed by atoms with Crippen molar-refractivity contribution in [1.29, 1.82) is 0 Å². The maximum Gasteiger partial charge on any atom is 0.253 e. The molecule has 4 aromatic carbocycles. The molecule has 9 rings (SSSR count). The smallest absolute Gasteiger partial charge is 0.253 e. The number of anilines is 4. The molecule has 8 aromatic rings. The number of hydrogen-bond acceptors (Lipinski definition) is 8. The van der Waals surface area contributed by atoms with Gasteiger partial charge in [0.25, 0.3) is 23.6 Å². The van der Waals surface area contributed by atoms with E-state index in [1.165, 1.54) is 28.4 Å². The van der Waals surface area contributed by atoms with Crippen LogP contribution in [0.25, 0.3) is 22.3 Å². The molecule has 5 heterocycles. The van der Waals surface area contributed by atoms with Gasteiger partial charge < -0.3 is 60.2 Å². The van der Waals surface area contributed by atoms with E-state index in [1.807, 2.05) is 48.5 Å².